The number of likely N-dealkylation sites (N-methyl/N-ethyl adjacent to an activating group) is 1. The van der Waals surface area contributed by atoms with Crippen LogP contribution in [0.3, 0.4) is 0 Å². The first-order valence-corrected chi connectivity index (χ1v) is 8.93. The van der Waals surface area contributed by atoms with Crippen molar-refractivity contribution in [1.29, 1.82) is 0 Å². The Morgan fingerprint density at radius 2 is 1.96 bits per heavy atom. The topological polar surface area (TPSA) is 94.3 Å². The van der Waals surface area contributed by atoms with Crippen LogP contribution in [0.2, 0.25) is 0 Å². The third-order valence-electron chi connectivity index (χ3n) is 3.47. The lowest BCUT2D eigenvalue weighted by molar-refractivity contribution is 0.217. The molecule has 0 aliphatic rings. The molecule has 1 atom stereocenters. The minimum Gasteiger partial charge on any atom is -0.384 e. The van der Waals surface area contributed by atoms with Crippen molar-refractivity contribution < 1.29 is 17.7 Å². The maximum absolute atomic E-state index is 12.1. The summed E-state index contributed by atoms with van der Waals surface area (Å²) in [5.74, 6) is 0.943. The number of benzene rings is 1. The van der Waals surface area contributed by atoms with Gasteiger partial charge in [0.2, 0.25) is 0 Å². The first-order chi connectivity index (χ1) is 11.0. The van der Waals surface area contributed by atoms with Gasteiger partial charge in [-0.3, -0.25) is 0 Å². The highest BCUT2D eigenvalue weighted by Gasteiger charge is 2.16. The molecule has 1 heterocycles. The summed E-state index contributed by atoms with van der Waals surface area (Å²) in [6.07, 6.45) is 0.656. The standard InChI is InChI=1S/C15H21N3O4S.ClH/c1-11(16-2)10-14-17-15(22-18-14)12-4-6-13(7-5-12)23(19,20)9-8-21-3;/h4-7,11,16H,8-10H2,1-3H3;1H. The highest BCUT2D eigenvalue weighted by atomic mass is 35.5. The fourth-order valence-corrected chi connectivity index (χ4v) is 3.12. The van der Waals surface area contributed by atoms with Gasteiger partial charge < -0.3 is 14.6 Å². The van der Waals surface area contributed by atoms with Crippen LogP contribution in [0.5, 0.6) is 0 Å². The van der Waals surface area contributed by atoms with Crippen molar-refractivity contribution in [3.05, 3.63) is 30.1 Å². The number of nitrogens with zero attached hydrogens (tertiary/aromatic N) is 2. The van der Waals surface area contributed by atoms with Gasteiger partial charge in [0.05, 0.1) is 17.3 Å². The van der Waals surface area contributed by atoms with Gasteiger partial charge in [-0.2, -0.15) is 4.98 Å². The molecule has 24 heavy (non-hydrogen) atoms. The average molecular weight is 376 g/mol. The maximum atomic E-state index is 12.1. The summed E-state index contributed by atoms with van der Waals surface area (Å²) < 4.78 is 34.2. The third-order valence-corrected chi connectivity index (χ3v) is 5.16. The summed E-state index contributed by atoms with van der Waals surface area (Å²) in [4.78, 5) is 4.57. The van der Waals surface area contributed by atoms with Crippen LogP contribution in [0.1, 0.15) is 12.7 Å². The molecule has 2 rings (SSSR count). The summed E-state index contributed by atoms with van der Waals surface area (Å²) >= 11 is 0. The van der Waals surface area contributed by atoms with Crippen molar-refractivity contribution in [2.75, 3.05) is 26.5 Å². The lowest BCUT2D eigenvalue weighted by Crippen LogP contribution is -2.24. The first-order valence-electron chi connectivity index (χ1n) is 7.28. The summed E-state index contributed by atoms with van der Waals surface area (Å²) in [6.45, 7) is 2.19. The van der Waals surface area contributed by atoms with E-state index in [9.17, 15) is 8.42 Å². The summed E-state index contributed by atoms with van der Waals surface area (Å²) in [6, 6.07) is 6.66. The molecule has 0 saturated carbocycles. The van der Waals surface area contributed by atoms with Crippen LogP contribution in [0.25, 0.3) is 11.5 Å². The van der Waals surface area contributed by atoms with Gasteiger partial charge in [-0.25, -0.2) is 8.42 Å². The fourth-order valence-electron chi connectivity index (χ4n) is 1.95. The molecule has 0 amide bonds. The van der Waals surface area contributed by atoms with Gasteiger partial charge in [0.25, 0.3) is 5.89 Å². The van der Waals surface area contributed by atoms with Crippen molar-refractivity contribution in [1.82, 2.24) is 15.5 Å². The molecule has 0 aliphatic carbocycles. The minimum absolute atomic E-state index is 0. The van der Waals surface area contributed by atoms with Gasteiger partial charge >= 0.3 is 0 Å². The third kappa shape index (κ3) is 5.27. The van der Waals surface area contributed by atoms with Crippen LogP contribution in [-0.4, -0.2) is 51.1 Å². The molecule has 2 aromatic rings. The molecule has 0 saturated heterocycles. The molecule has 1 unspecified atom stereocenters. The number of ether oxygens (including phenoxy) is 1. The highest BCUT2D eigenvalue weighted by Crippen LogP contribution is 2.20. The molecule has 0 bridgehead atoms. The van der Waals surface area contributed by atoms with E-state index < -0.39 is 9.84 Å². The smallest absolute Gasteiger partial charge is 0.257 e. The molecule has 9 heteroatoms. The molecule has 1 aromatic carbocycles. The number of rotatable bonds is 8. The molecule has 0 fully saturated rings. The number of hydrogen-bond donors (Lipinski definition) is 1. The van der Waals surface area contributed by atoms with E-state index in [4.69, 9.17) is 9.26 Å². The van der Waals surface area contributed by atoms with Crippen LogP contribution in [0.15, 0.2) is 33.7 Å². The minimum atomic E-state index is -3.34. The van der Waals surface area contributed by atoms with Crippen LogP contribution < -0.4 is 5.32 Å². The van der Waals surface area contributed by atoms with E-state index in [1.165, 1.54) is 7.11 Å². The van der Waals surface area contributed by atoms with E-state index in [1.54, 1.807) is 24.3 Å². The Hall–Kier alpha value is -1.48. The van der Waals surface area contributed by atoms with E-state index in [2.05, 4.69) is 15.5 Å². The summed E-state index contributed by atoms with van der Waals surface area (Å²) in [5.41, 5.74) is 0.687. The van der Waals surface area contributed by atoms with Gasteiger partial charge in [-0.1, -0.05) is 5.16 Å². The fraction of sp³-hybridized carbons (Fsp3) is 0.467. The Morgan fingerprint density at radius 3 is 2.54 bits per heavy atom. The number of hydrogen-bond acceptors (Lipinski definition) is 7. The molecular weight excluding hydrogens is 354 g/mol. The second kappa shape index (κ2) is 9.12. The second-order valence-electron chi connectivity index (χ2n) is 5.25. The van der Waals surface area contributed by atoms with Crippen molar-refractivity contribution in [2.45, 2.75) is 24.3 Å². The molecule has 134 valence electrons. The SMILES string of the molecule is CNC(C)Cc1noc(-c2ccc(S(=O)(=O)CCOC)cc2)n1.Cl. The van der Waals surface area contributed by atoms with Gasteiger partial charge in [0, 0.05) is 25.1 Å². The number of aromatic nitrogens is 2. The molecular formula is C15H22ClN3O4S. The van der Waals surface area contributed by atoms with Crippen molar-refractivity contribution in [3.63, 3.8) is 0 Å². The largest absolute Gasteiger partial charge is 0.384 e. The summed E-state index contributed by atoms with van der Waals surface area (Å²) in [5, 5.41) is 7.04. The van der Waals surface area contributed by atoms with Gasteiger partial charge in [-0.15, -0.1) is 12.4 Å². The Bertz CT molecular complexity index is 731. The second-order valence-corrected chi connectivity index (χ2v) is 7.35. The van der Waals surface area contributed by atoms with Crippen molar-refractivity contribution in [3.8, 4) is 11.5 Å². The predicted molar refractivity (Wildman–Crippen MR) is 93.1 cm³/mol. The van der Waals surface area contributed by atoms with E-state index in [0.29, 0.717) is 23.7 Å². The molecule has 7 nitrogen and oxygen atoms in total. The number of halogens is 1. The Morgan fingerprint density at radius 1 is 1.29 bits per heavy atom. The predicted octanol–water partition coefficient (Wildman–Crippen LogP) is 1.73. The number of sulfone groups is 1. The van der Waals surface area contributed by atoms with Crippen molar-refractivity contribution in [2.24, 2.45) is 0 Å². The van der Waals surface area contributed by atoms with Gasteiger partial charge in [-0.05, 0) is 38.2 Å². The average Bonchev–Trinajstić information content (AvgIpc) is 3.01. The molecule has 0 radical (unpaired) electrons. The normalized spacial score (nSPS) is 12.6. The Labute approximate surface area is 148 Å². The lowest BCUT2D eigenvalue weighted by atomic mass is 10.2. The number of methoxy groups -OCH3 is 1. The van der Waals surface area contributed by atoms with Gasteiger partial charge in [0.15, 0.2) is 15.7 Å². The Kier molecular flexibility index (Phi) is 7.82. The van der Waals surface area contributed by atoms with E-state index in [1.807, 2.05) is 14.0 Å². The first kappa shape index (κ1) is 20.6. The Balaban J connectivity index is 0.00000288. The molecule has 1 aromatic heterocycles. The van der Waals surface area contributed by atoms with Gasteiger partial charge in [0.1, 0.15) is 0 Å². The highest BCUT2D eigenvalue weighted by molar-refractivity contribution is 7.91. The van der Waals surface area contributed by atoms with E-state index in [-0.39, 0.29) is 35.7 Å². The monoisotopic (exact) mass is 375 g/mol. The number of nitrogens with one attached hydrogen (secondary N) is 1. The van der Waals surface area contributed by atoms with Crippen LogP contribution >= 0.6 is 12.4 Å². The van der Waals surface area contributed by atoms with Crippen LogP contribution in [0, 0.1) is 0 Å². The van der Waals surface area contributed by atoms with Crippen LogP contribution in [-0.2, 0) is 21.0 Å². The molecule has 0 aliphatic heterocycles. The zero-order valence-electron chi connectivity index (χ0n) is 13.9. The van der Waals surface area contributed by atoms with Crippen molar-refractivity contribution >= 4 is 22.2 Å². The zero-order chi connectivity index (χ0) is 16.9. The quantitative estimate of drug-likeness (QED) is 0.750. The summed E-state index contributed by atoms with van der Waals surface area (Å²) in [7, 11) is 0.00700. The van der Waals surface area contributed by atoms with Crippen LogP contribution in [0.4, 0.5) is 0 Å². The van der Waals surface area contributed by atoms with E-state index >= 15 is 0 Å². The van der Waals surface area contributed by atoms with E-state index in [0.717, 1.165) is 0 Å². The lowest BCUT2D eigenvalue weighted by Gasteiger charge is -2.05. The zero-order valence-corrected chi connectivity index (χ0v) is 15.5. The maximum Gasteiger partial charge on any atom is 0.257 e. The molecule has 1 N–H and O–H groups in total. The molecule has 0 spiro atoms.